The van der Waals surface area contributed by atoms with Gasteiger partial charge in [0.05, 0.1) is 22.7 Å². The molecule has 10 heteroatoms. The fourth-order valence-electron chi connectivity index (χ4n) is 2.96. The molecular formula is C16H19N3O5S2. The summed E-state index contributed by atoms with van der Waals surface area (Å²) >= 11 is 1.35. The van der Waals surface area contributed by atoms with Crippen LogP contribution in [-0.2, 0) is 14.8 Å². The molecular weight excluding hydrogens is 378 g/mol. The van der Waals surface area contributed by atoms with Crippen LogP contribution in [0.1, 0.15) is 16.8 Å². The van der Waals surface area contributed by atoms with E-state index in [4.69, 9.17) is 10.8 Å². The van der Waals surface area contributed by atoms with Crippen LogP contribution in [0.4, 0.5) is 5.00 Å². The first-order valence-corrected chi connectivity index (χ1v) is 10.5. The molecule has 1 fully saturated rings. The number of carbonyl (C=O) groups is 2. The van der Waals surface area contributed by atoms with Gasteiger partial charge in [-0.15, -0.1) is 11.3 Å². The Labute approximate surface area is 154 Å². The van der Waals surface area contributed by atoms with Crippen molar-refractivity contribution in [3.05, 3.63) is 29.8 Å². The number of fused-ring (bicyclic) bond motifs is 1. The van der Waals surface area contributed by atoms with Gasteiger partial charge in [0, 0.05) is 36.3 Å². The highest BCUT2D eigenvalue weighted by Gasteiger charge is 2.31. The summed E-state index contributed by atoms with van der Waals surface area (Å²) in [6, 6.07) is 7.48. The summed E-state index contributed by atoms with van der Waals surface area (Å²) in [5.41, 5.74) is 6.50. The zero-order valence-corrected chi connectivity index (χ0v) is 15.6. The summed E-state index contributed by atoms with van der Waals surface area (Å²) in [5, 5.41) is 9.92. The molecule has 0 aliphatic carbocycles. The Morgan fingerprint density at radius 2 is 1.81 bits per heavy atom. The monoisotopic (exact) mass is 397 g/mol. The van der Waals surface area contributed by atoms with Crippen molar-refractivity contribution in [3.8, 4) is 0 Å². The van der Waals surface area contributed by atoms with Crippen molar-refractivity contribution in [2.45, 2.75) is 6.42 Å². The highest BCUT2D eigenvalue weighted by molar-refractivity contribution is 7.89. The van der Waals surface area contributed by atoms with Crippen molar-refractivity contribution >= 4 is 48.3 Å². The number of anilines is 1. The number of carbonyl (C=O) groups excluding carboxylic acids is 1. The number of aliphatic carboxylic acids is 1. The minimum atomic E-state index is -3.63. The lowest BCUT2D eigenvalue weighted by atomic mass is 10.1. The molecule has 0 spiro atoms. The van der Waals surface area contributed by atoms with Gasteiger partial charge in [-0.25, -0.2) is 8.42 Å². The number of carboxylic acids is 1. The van der Waals surface area contributed by atoms with Gasteiger partial charge < -0.3 is 15.7 Å². The lowest BCUT2D eigenvalue weighted by Crippen LogP contribution is -2.51. The standard InChI is InChI=1S/C16H19N3O5S2/c17-15-14(11-3-1-2-4-12(11)25-15)16(22)18-6-8-19(9-7-18)26(23,24)10-5-13(20)21/h1-4H,5-10,17H2,(H,20,21). The molecule has 0 bridgehead atoms. The normalized spacial score (nSPS) is 16.1. The molecule has 0 atom stereocenters. The number of carboxylic acid groups (broad SMARTS) is 1. The van der Waals surface area contributed by atoms with Crippen LogP contribution in [0.15, 0.2) is 24.3 Å². The molecule has 2 heterocycles. The van der Waals surface area contributed by atoms with Crippen molar-refractivity contribution in [3.63, 3.8) is 0 Å². The number of amides is 1. The van der Waals surface area contributed by atoms with Crippen LogP contribution >= 0.6 is 11.3 Å². The number of hydrogen-bond acceptors (Lipinski definition) is 6. The van der Waals surface area contributed by atoms with Crippen molar-refractivity contribution in [2.24, 2.45) is 0 Å². The van der Waals surface area contributed by atoms with E-state index in [1.807, 2.05) is 24.3 Å². The minimum absolute atomic E-state index is 0.148. The molecule has 8 nitrogen and oxygen atoms in total. The first-order chi connectivity index (χ1) is 12.3. The number of benzene rings is 1. The molecule has 1 aromatic carbocycles. The summed E-state index contributed by atoms with van der Waals surface area (Å²) in [5.74, 6) is -1.79. The van der Waals surface area contributed by atoms with Crippen LogP contribution in [-0.4, -0.2) is 66.5 Å². The maximum atomic E-state index is 12.9. The maximum Gasteiger partial charge on any atom is 0.304 e. The van der Waals surface area contributed by atoms with E-state index >= 15 is 0 Å². The van der Waals surface area contributed by atoms with Gasteiger partial charge in [-0.1, -0.05) is 18.2 Å². The van der Waals surface area contributed by atoms with Crippen LogP contribution in [0.5, 0.6) is 0 Å². The number of nitrogens with two attached hydrogens (primary N) is 1. The Bertz CT molecular complexity index is 946. The second-order valence-electron chi connectivity index (χ2n) is 5.99. The summed E-state index contributed by atoms with van der Waals surface area (Å²) < 4.78 is 26.5. The number of nitrogen functional groups attached to an aromatic ring is 1. The first kappa shape index (κ1) is 18.6. The minimum Gasteiger partial charge on any atom is -0.481 e. The van der Waals surface area contributed by atoms with Gasteiger partial charge in [0.1, 0.15) is 0 Å². The quantitative estimate of drug-likeness (QED) is 0.778. The second kappa shape index (κ2) is 7.22. The number of rotatable bonds is 5. The predicted molar refractivity (Wildman–Crippen MR) is 99.8 cm³/mol. The molecule has 2 aromatic rings. The molecule has 140 valence electrons. The van der Waals surface area contributed by atoms with Crippen molar-refractivity contribution in [2.75, 3.05) is 37.7 Å². The van der Waals surface area contributed by atoms with Crippen molar-refractivity contribution < 1.29 is 23.1 Å². The van der Waals surface area contributed by atoms with Gasteiger partial charge in [0.25, 0.3) is 5.91 Å². The molecule has 1 aromatic heterocycles. The lowest BCUT2D eigenvalue weighted by molar-refractivity contribution is -0.136. The summed E-state index contributed by atoms with van der Waals surface area (Å²) in [7, 11) is -3.63. The van der Waals surface area contributed by atoms with Crippen LogP contribution in [0, 0.1) is 0 Å². The van der Waals surface area contributed by atoms with E-state index in [9.17, 15) is 18.0 Å². The van der Waals surface area contributed by atoms with E-state index in [0.29, 0.717) is 10.6 Å². The smallest absolute Gasteiger partial charge is 0.304 e. The Kier molecular flexibility index (Phi) is 5.17. The third-order valence-electron chi connectivity index (χ3n) is 4.33. The van der Waals surface area contributed by atoms with Crippen LogP contribution in [0.3, 0.4) is 0 Å². The zero-order chi connectivity index (χ0) is 18.9. The van der Waals surface area contributed by atoms with Crippen LogP contribution in [0.2, 0.25) is 0 Å². The van der Waals surface area contributed by atoms with Gasteiger partial charge in [0.2, 0.25) is 10.0 Å². The van der Waals surface area contributed by atoms with E-state index < -0.39 is 28.2 Å². The molecule has 0 unspecified atom stereocenters. The third kappa shape index (κ3) is 3.67. The first-order valence-electron chi connectivity index (χ1n) is 8.05. The fraction of sp³-hybridized carbons (Fsp3) is 0.375. The molecule has 3 rings (SSSR count). The van der Waals surface area contributed by atoms with Gasteiger partial charge in [-0.2, -0.15) is 4.31 Å². The number of sulfonamides is 1. The lowest BCUT2D eigenvalue weighted by Gasteiger charge is -2.34. The molecule has 0 saturated carbocycles. The van der Waals surface area contributed by atoms with Crippen LogP contribution in [0.25, 0.3) is 10.1 Å². The topological polar surface area (TPSA) is 121 Å². The number of hydrogen-bond donors (Lipinski definition) is 2. The van der Waals surface area contributed by atoms with Crippen LogP contribution < -0.4 is 5.73 Å². The van der Waals surface area contributed by atoms with Gasteiger partial charge in [-0.05, 0) is 6.07 Å². The predicted octanol–water partition coefficient (Wildman–Crippen LogP) is 1.05. The van der Waals surface area contributed by atoms with E-state index in [1.165, 1.54) is 15.6 Å². The molecule has 3 N–H and O–H groups in total. The molecule has 0 radical (unpaired) electrons. The van der Waals surface area contributed by atoms with E-state index in [1.54, 1.807) is 4.90 Å². The molecule has 1 saturated heterocycles. The largest absolute Gasteiger partial charge is 0.481 e. The van der Waals surface area contributed by atoms with E-state index in [0.717, 1.165) is 10.1 Å². The highest BCUT2D eigenvalue weighted by atomic mass is 32.2. The van der Waals surface area contributed by atoms with Crippen molar-refractivity contribution in [1.82, 2.24) is 9.21 Å². The van der Waals surface area contributed by atoms with Gasteiger partial charge >= 0.3 is 5.97 Å². The second-order valence-corrected chi connectivity index (χ2v) is 9.16. The highest BCUT2D eigenvalue weighted by Crippen LogP contribution is 2.34. The summed E-state index contributed by atoms with van der Waals surface area (Å²) in [6.07, 6.45) is -0.432. The molecule has 26 heavy (non-hydrogen) atoms. The van der Waals surface area contributed by atoms with E-state index in [2.05, 4.69) is 0 Å². The number of piperazine rings is 1. The fourth-order valence-corrected chi connectivity index (χ4v) is 5.33. The Morgan fingerprint density at radius 3 is 2.46 bits per heavy atom. The number of nitrogens with zero attached hydrogens (tertiary/aromatic N) is 2. The number of thiophene rings is 1. The third-order valence-corrected chi connectivity index (χ3v) is 7.20. The van der Waals surface area contributed by atoms with Crippen molar-refractivity contribution in [1.29, 1.82) is 0 Å². The van der Waals surface area contributed by atoms with Gasteiger partial charge in [-0.3, -0.25) is 9.59 Å². The summed E-state index contributed by atoms with van der Waals surface area (Å²) in [6.45, 7) is 0.787. The molecule has 1 amide bonds. The Hall–Kier alpha value is -2.17. The average Bonchev–Trinajstić information content (AvgIpc) is 2.95. The van der Waals surface area contributed by atoms with Gasteiger partial charge in [0.15, 0.2) is 0 Å². The zero-order valence-electron chi connectivity index (χ0n) is 13.9. The van der Waals surface area contributed by atoms with E-state index in [-0.39, 0.29) is 32.1 Å². The Morgan fingerprint density at radius 1 is 1.15 bits per heavy atom. The SMILES string of the molecule is Nc1sc2ccccc2c1C(=O)N1CCN(S(=O)(=O)CCC(=O)O)CC1. The molecule has 1 aliphatic heterocycles. The summed E-state index contributed by atoms with van der Waals surface area (Å²) in [4.78, 5) is 25.1. The molecule has 1 aliphatic rings. The maximum absolute atomic E-state index is 12.9. The average molecular weight is 397 g/mol. The Balaban J connectivity index is 1.71.